The molecule has 0 bridgehead atoms. The summed E-state index contributed by atoms with van der Waals surface area (Å²) in [6.07, 6.45) is 2.98. The zero-order valence-electron chi connectivity index (χ0n) is 9.75. The first-order chi connectivity index (χ1) is 6.98. The number of rotatable bonds is 1. The van der Waals surface area contributed by atoms with Crippen molar-refractivity contribution in [3.63, 3.8) is 0 Å². The molecule has 0 unspecified atom stereocenters. The highest BCUT2D eigenvalue weighted by Crippen LogP contribution is 2.32. The fourth-order valence-electron chi connectivity index (χ4n) is 2.21. The second-order valence-electron chi connectivity index (χ2n) is 5.24. The van der Waals surface area contributed by atoms with Crippen molar-refractivity contribution in [2.75, 3.05) is 23.7 Å². The van der Waals surface area contributed by atoms with Gasteiger partial charge in [-0.3, -0.25) is 0 Å². The molecule has 1 aliphatic heterocycles. The predicted molar refractivity (Wildman–Crippen MR) is 64.0 cm³/mol. The fourth-order valence-corrected chi connectivity index (χ4v) is 2.21. The van der Waals surface area contributed by atoms with Gasteiger partial charge in [-0.2, -0.15) is 0 Å². The Morgan fingerprint density at radius 1 is 1.47 bits per heavy atom. The lowest BCUT2D eigenvalue weighted by Gasteiger charge is -2.22. The van der Waals surface area contributed by atoms with E-state index in [1.807, 2.05) is 6.07 Å². The summed E-state index contributed by atoms with van der Waals surface area (Å²) >= 11 is 0. The van der Waals surface area contributed by atoms with Crippen molar-refractivity contribution in [2.45, 2.75) is 27.2 Å². The zero-order valence-corrected chi connectivity index (χ0v) is 9.75. The summed E-state index contributed by atoms with van der Waals surface area (Å²) in [6, 6.07) is 1.99. The minimum absolute atomic E-state index is 0.412. The van der Waals surface area contributed by atoms with Gasteiger partial charge < -0.3 is 10.6 Å². The third-order valence-corrected chi connectivity index (χ3v) is 3.05. The number of pyridine rings is 1. The van der Waals surface area contributed by atoms with E-state index in [0.717, 1.165) is 24.6 Å². The van der Waals surface area contributed by atoms with Crippen molar-refractivity contribution in [2.24, 2.45) is 5.41 Å². The lowest BCUT2D eigenvalue weighted by Crippen LogP contribution is -2.24. The molecule has 0 radical (unpaired) electrons. The molecule has 1 aliphatic rings. The predicted octanol–water partition coefficient (Wildman–Crippen LogP) is 2.21. The Balaban J connectivity index is 2.24. The summed E-state index contributed by atoms with van der Waals surface area (Å²) < 4.78 is 0. The molecule has 0 spiro atoms. The number of aryl methyl sites for hydroxylation is 1. The van der Waals surface area contributed by atoms with Gasteiger partial charge in [0.25, 0.3) is 0 Å². The Kier molecular flexibility index (Phi) is 2.33. The molecule has 2 heterocycles. The molecule has 0 atom stereocenters. The van der Waals surface area contributed by atoms with E-state index >= 15 is 0 Å². The van der Waals surface area contributed by atoms with Gasteiger partial charge >= 0.3 is 0 Å². The molecule has 3 nitrogen and oxygen atoms in total. The van der Waals surface area contributed by atoms with Crippen LogP contribution in [-0.2, 0) is 0 Å². The second-order valence-corrected chi connectivity index (χ2v) is 5.24. The molecular formula is C12H19N3. The highest BCUT2D eigenvalue weighted by molar-refractivity contribution is 5.53. The molecular weight excluding hydrogens is 186 g/mol. The van der Waals surface area contributed by atoms with E-state index in [2.05, 4.69) is 30.7 Å². The van der Waals surface area contributed by atoms with Crippen LogP contribution in [0.25, 0.3) is 0 Å². The minimum atomic E-state index is 0.412. The van der Waals surface area contributed by atoms with Crippen LogP contribution in [0.5, 0.6) is 0 Å². The van der Waals surface area contributed by atoms with Gasteiger partial charge in [-0.25, -0.2) is 4.98 Å². The molecule has 0 amide bonds. The van der Waals surface area contributed by atoms with Crippen molar-refractivity contribution >= 4 is 11.5 Å². The maximum absolute atomic E-state index is 5.70. The molecule has 1 aromatic rings. The molecule has 1 saturated heterocycles. The number of nitrogen functional groups attached to an aromatic ring is 1. The number of anilines is 2. The summed E-state index contributed by atoms with van der Waals surface area (Å²) in [5.74, 6) is 1.09. The second kappa shape index (κ2) is 3.40. The summed E-state index contributed by atoms with van der Waals surface area (Å²) in [4.78, 5) is 6.78. The quantitative estimate of drug-likeness (QED) is 0.764. The number of hydrogen-bond donors (Lipinski definition) is 1. The van der Waals surface area contributed by atoms with Gasteiger partial charge in [0.15, 0.2) is 0 Å². The SMILES string of the molecule is Cc1cc(N)cnc1N1CCC(C)(C)C1. The number of hydrogen-bond acceptors (Lipinski definition) is 3. The zero-order chi connectivity index (χ0) is 11.1. The van der Waals surface area contributed by atoms with Gasteiger partial charge in [0.1, 0.15) is 5.82 Å². The lowest BCUT2D eigenvalue weighted by molar-refractivity contribution is 0.418. The van der Waals surface area contributed by atoms with Gasteiger partial charge in [-0.05, 0) is 30.4 Å². The Bertz CT molecular complexity index is 371. The van der Waals surface area contributed by atoms with Crippen molar-refractivity contribution < 1.29 is 0 Å². The topological polar surface area (TPSA) is 42.1 Å². The molecule has 2 N–H and O–H groups in total. The molecule has 3 heteroatoms. The van der Waals surface area contributed by atoms with E-state index in [0.29, 0.717) is 5.41 Å². The van der Waals surface area contributed by atoms with Crippen LogP contribution in [0.2, 0.25) is 0 Å². The Morgan fingerprint density at radius 2 is 2.20 bits per heavy atom. The fraction of sp³-hybridized carbons (Fsp3) is 0.583. The summed E-state index contributed by atoms with van der Waals surface area (Å²) in [5, 5.41) is 0. The average molecular weight is 205 g/mol. The number of nitrogens with zero attached hydrogens (tertiary/aromatic N) is 2. The highest BCUT2D eigenvalue weighted by atomic mass is 15.2. The van der Waals surface area contributed by atoms with E-state index in [1.54, 1.807) is 6.20 Å². The first kappa shape index (κ1) is 10.3. The Morgan fingerprint density at radius 3 is 2.73 bits per heavy atom. The van der Waals surface area contributed by atoms with Crippen LogP contribution < -0.4 is 10.6 Å². The maximum atomic E-state index is 5.70. The van der Waals surface area contributed by atoms with Crippen LogP contribution >= 0.6 is 0 Å². The first-order valence-corrected chi connectivity index (χ1v) is 5.45. The largest absolute Gasteiger partial charge is 0.397 e. The minimum Gasteiger partial charge on any atom is -0.397 e. The summed E-state index contributed by atoms with van der Waals surface area (Å²) in [6.45, 7) is 8.87. The molecule has 0 aliphatic carbocycles. The van der Waals surface area contributed by atoms with Gasteiger partial charge in [-0.15, -0.1) is 0 Å². The standard InChI is InChI=1S/C12H19N3/c1-9-6-10(13)7-14-11(9)15-5-4-12(2,3)8-15/h6-7H,4-5,8,13H2,1-3H3. The van der Waals surface area contributed by atoms with Crippen molar-refractivity contribution in [3.8, 4) is 0 Å². The number of aromatic nitrogens is 1. The molecule has 82 valence electrons. The Hall–Kier alpha value is -1.25. The average Bonchev–Trinajstić information content (AvgIpc) is 2.46. The van der Waals surface area contributed by atoms with Gasteiger partial charge in [0, 0.05) is 13.1 Å². The van der Waals surface area contributed by atoms with E-state index in [9.17, 15) is 0 Å². The van der Waals surface area contributed by atoms with Crippen LogP contribution in [0.1, 0.15) is 25.8 Å². The van der Waals surface area contributed by atoms with Crippen LogP contribution in [0.15, 0.2) is 12.3 Å². The van der Waals surface area contributed by atoms with Gasteiger partial charge in [0.05, 0.1) is 11.9 Å². The molecule has 1 aromatic heterocycles. The summed E-state index contributed by atoms with van der Waals surface area (Å²) in [5.41, 5.74) is 8.03. The van der Waals surface area contributed by atoms with E-state index < -0.39 is 0 Å². The van der Waals surface area contributed by atoms with Crippen molar-refractivity contribution in [1.82, 2.24) is 4.98 Å². The smallest absolute Gasteiger partial charge is 0.131 e. The molecule has 0 aromatic carbocycles. The third-order valence-electron chi connectivity index (χ3n) is 3.05. The third kappa shape index (κ3) is 2.06. The highest BCUT2D eigenvalue weighted by Gasteiger charge is 2.30. The van der Waals surface area contributed by atoms with E-state index in [4.69, 9.17) is 5.73 Å². The van der Waals surface area contributed by atoms with Crippen LogP contribution in [0.4, 0.5) is 11.5 Å². The van der Waals surface area contributed by atoms with Gasteiger partial charge in [0.2, 0.25) is 0 Å². The first-order valence-electron chi connectivity index (χ1n) is 5.45. The van der Waals surface area contributed by atoms with Crippen molar-refractivity contribution in [3.05, 3.63) is 17.8 Å². The molecule has 15 heavy (non-hydrogen) atoms. The molecule has 1 fully saturated rings. The van der Waals surface area contributed by atoms with Crippen LogP contribution in [0, 0.1) is 12.3 Å². The normalized spacial score (nSPS) is 19.5. The van der Waals surface area contributed by atoms with Crippen LogP contribution in [0.3, 0.4) is 0 Å². The Labute approximate surface area is 91.3 Å². The lowest BCUT2D eigenvalue weighted by atomic mass is 9.93. The molecule has 0 saturated carbocycles. The van der Waals surface area contributed by atoms with Crippen molar-refractivity contribution in [1.29, 1.82) is 0 Å². The maximum Gasteiger partial charge on any atom is 0.131 e. The number of nitrogens with two attached hydrogens (primary N) is 1. The summed E-state index contributed by atoms with van der Waals surface area (Å²) in [7, 11) is 0. The van der Waals surface area contributed by atoms with E-state index in [-0.39, 0.29) is 0 Å². The monoisotopic (exact) mass is 205 g/mol. The molecule has 2 rings (SSSR count). The van der Waals surface area contributed by atoms with Crippen LogP contribution in [-0.4, -0.2) is 18.1 Å². The van der Waals surface area contributed by atoms with Gasteiger partial charge in [-0.1, -0.05) is 13.8 Å². The van der Waals surface area contributed by atoms with E-state index in [1.165, 1.54) is 12.0 Å².